The number of para-hydroxylation sites is 1. The Hall–Kier alpha value is -4.17. The standard InChI is InChI=1S/C25H20ClN5O3/c26-19-12-10-17(11-13-19)14-27-22(32)16-30-25(34)31-21-9-5-4-8-20(21)23(33)29(24(31)28-30)15-18-6-2-1-3-7-18/h1-13H,14-16H2,(H,27,32). The van der Waals surface area contributed by atoms with Gasteiger partial charge in [0.25, 0.3) is 5.56 Å². The summed E-state index contributed by atoms with van der Waals surface area (Å²) in [5.74, 6) is -0.190. The number of amides is 1. The Morgan fingerprint density at radius 1 is 0.882 bits per heavy atom. The molecule has 1 N–H and O–H groups in total. The van der Waals surface area contributed by atoms with Gasteiger partial charge < -0.3 is 5.32 Å². The average Bonchev–Trinajstić information content (AvgIpc) is 3.17. The molecule has 0 spiro atoms. The molecule has 0 aliphatic heterocycles. The van der Waals surface area contributed by atoms with Crippen molar-refractivity contribution in [2.75, 3.05) is 0 Å². The number of hydrogen-bond donors (Lipinski definition) is 1. The Bertz CT molecular complexity index is 1620. The van der Waals surface area contributed by atoms with Crippen LogP contribution in [0.3, 0.4) is 0 Å². The highest BCUT2D eigenvalue weighted by Gasteiger charge is 2.18. The van der Waals surface area contributed by atoms with E-state index in [4.69, 9.17) is 11.6 Å². The molecule has 2 aromatic heterocycles. The van der Waals surface area contributed by atoms with Crippen LogP contribution in [0.2, 0.25) is 5.02 Å². The summed E-state index contributed by atoms with van der Waals surface area (Å²) in [5, 5.41) is 8.17. The molecule has 0 aliphatic rings. The maximum atomic E-state index is 13.3. The molecule has 0 fully saturated rings. The van der Waals surface area contributed by atoms with Gasteiger partial charge in [0.15, 0.2) is 0 Å². The normalized spacial score (nSPS) is 11.2. The van der Waals surface area contributed by atoms with E-state index in [0.717, 1.165) is 15.8 Å². The fourth-order valence-electron chi connectivity index (χ4n) is 3.87. The topological polar surface area (TPSA) is 90.4 Å². The van der Waals surface area contributed by atoms with Crippen molar-refractivity contribution >= 4 is 34.2 Å². The summed E-state index contributed by atoms with van der Waals surface area (Å²) in [6.07, 6.45) is 0. The smallest absolute Gasteiger partial charge is 0.350 e. The molecule has 0 unspecified atom stereocenters. The van der Waals surface area contributed by atoms with Crippen LogP contribution in [0.5, 0.6) is 0 Å². The van der Waals surface area contributed by atoms with Gasteiger partial charge >= 0.3 is 5.69 Å². The molecule has 1 amide bonds. The molecule has 34 heavy (non-hydrogen) atoms. The number of fused-ring (bicyclic) bond motifs is 3. The van der Waals surface area contributed by atoms with E-state index in [-0.39, 0.29) is 30.3 Å². The van der Waals surface area contributed by atoms with E-state index in [1.807, 2.05) is 42.5 Å². The molecule has 8 nitrogen and oxygen atoms in total. The molecule has 2 heterocycles. The van der Waals surface area contributed by atoms with Crippen LogP contribution in [0.4, 0.5) is 0 Å². The summed E-state index contributed by atoms with van der Waals surface area (Å²) in [4.78, 5) is 39.1. The predicted molar refractivity (Wildman–Crippen MR) is 130 cm³/mol. The Morgan fingerprint density at radius 3 is 2.35 bits per heavy atom. The lowest BCUT2D eigenvalue weighted by molar-refractivity contribution is -0.122. The lowest BCUT2D eigenvalue weighted by Crippen LogP contribution is -2.32. The molecule has 3 aromatic carbocycles. The van der Waals surface area contributed by atoms with Gasteiger partial charge in [-0.2, -0.15) is 0 Å². The zero-order valence-corrected chi connectivity index (χ0v) is 18.8. The van der Waals surface area contributed by atoms with Crippen molar-refractivity contribution in [1.29, 1.82) is 0 Å². The number of halogens is 1. The highest BCUT2D eigenvalue weighted by Crippen LogP contribution is 2.13. The van der Waals surface area contributed by atoms with Crippen LogP contribution in [0.1, 0.15) is 11.1 Å². The van der Waals surface area contributed by atoms with Gasteiger partial charge in [0.05, 0.1) is 17.4 Å². The molecule has 0 radical (unpaired) electrons. The molecule has 0 saturated carbocycles. The lowest BCUT2D eigenvalue weighted by atomic mass is 10.2. The summed E-state index contributed by atoms with van der Waals surface area (Å²) >= 11 is 5.89. The number of carbonyl (C=O) groups is 1. The minimum absolute atomic E-state index is 0.183. The zero-order valence-electron chi connectivity index (χ0n) is 18.0. The van der Waals surface area contributed by atoms with Gasteiger partial charge in [-0.1, -0.05) is 66.2 Å². The molecule has 5 aromatic rings. The van der Waals surface area contributed by atoms with Crippen molar-refractivity contribution in [3.05, 3.63) is 116 Å². The lowest BCUT2D eigenvalue weighted by Gasteiger charge is -2.09. The van der Waals surface area contributed by atoms with Crippen LogP contribution in [-0.4, -0.2) is 24.7 Å². The molecule has 0 atom stereocenters. The van der Waals surface area contributed by atoms with E-state index in [0.29, 0.717) is 22.5 Å². The first-order valence-corrected chi connectivity index (χ1v) is 11.1. The fraction of sp³-hybridized carbons (Fsp3) is 0.120. The maximum Gasteiger partial charge on any atom is 0.352 e. The Balaban J connectivity index is 1.53. The van der Waals surface area contributed by atoms with Crippen LogP contribution in [0, 0.1) is 0 Å². The van der Waals surface area contributed by atoms with Crippen LogP contribution < -0.4 is 16.6 Å². The fourth-order valence-corrected chi connectivity index (χ4v) is 4.00. The Morgan fingerprint density at radius 2 is 1.59 bits per heavy atom. The SMILES string of the molecule is O=C(Cn1nc2n(Cc3ccccc3)c(=O)c3ccccc3n2c1=O)NCc1ccc(Cl)cc1. The van der Waals surface area contributed by atoms with Gasteiger partial charge in [0, 0.05) is 11.6 Å². The van der Waals surface area contributed by atoms with Gasteiger partial charge in [-0.15, -0.1) is 5.10 Å². The molecule has 0 bridgehead atoms. The van der Waals surface area contributed by atoms with Gasteiger partial charge in [0.1, 0.15) is 6.54 Å². The minimum atomic E-state index is -0.491. The third-order valence-corrected chi connectivity index (χ3v) is 5.82. The summed E-state index contributed by atoms with van der Waals surface area (Å²) in [6.45, 7) is 0.259. The molecular formula is C25H20ClN5O3. The molecule has 5 rings (SSSR count). The quantitative estimate of drug-likeness (QED) is 0.410. The van der Waals surface area contributed by atoms with Crippen molar-refractivity contribution in [3.63, 3.8) is 0 Å². The molecule has 0 saturated heterocycles. The second-order valence-corrected chi connectivity index (χ2v) is 8.31. The molecule has 0 aliphatic carbocycles. The van der Waals surface area contributed by atoms with E-state index >= 15 is 0 Å². The van der Waals surface area contributed by atoms with Crippen molar-refractivity contribution in [2.24, 2.45) is 0 Å². The molecule has 9 heteroatoms. The van der Waals surface area contributed by atoms with E-state index in [1.54, 1.807) is 36.4 Å². The monoisotopic (exact) mass is 473 g/mol. The van der Waals surface area contributed by atoms with E-state index in [9.17, 15) is 14.4 Å². The number of nitrogens with one attached hydrogen (secondary N) is 1. The third kappa shape index (κ3) is 4.11. The summed E-state index contributed by atoms with van der Waals surface area (Å²) in [6, 6.07) is 23.5. The zero-order chi connectivity index (χ0) is 23.7. The van der Waals surface area contributed by atoms with Crippen LogP contribution in [-0.2, 0) is 24.4 Å². The summed E-state index contributed by atoms with van der Waals surface area (Å²) < 4.78 is 3.92. The van der Waals surface area contributed by atoms with Crippen molar-refractivity contribution in [3.8, 4) is 0 Å². The summed E-state index contributed by atoms with van der Waals surface area (Å²) in [7, 11) is 0. The van der Waals surface area contributed by atoms with Crippen molar-refractivity contribution in [1.82, 2.24) is 24.1 Å². The average molecular weight is 474 g/mol. The van der Waals surface area contributed by atoms with Crippen LogP contribution in [0.15, 0.2) is 88.5 Å². The number of nitrogens with zero attached hydrogens (tertiary/aromatic N) is 4. The summed E-state index contributed by atoms with van der Waals surface area (Å²) in [5.41, 5.74) is 1.47. The Labute approximate surface area is 198 Å². The molecule has 170 valence electrons. The van der Waals surface area contributed by atoms with Crippen LogP contribution in [0.25, 0.3) is 16.7 Å². The van der Waals surface area contributed by atoms with Crippen LogP contribution >= 0.6 is 11.6 Å². The Kier molecular flexibility index (Phi) is 5.73. The third-order valence-electron chi connectivity index (χ3n) is 5.56. The maximum absolute atomic E-state index is 13.3. The van der Waals surface area contributed by atoms with E-state index < -0.39 is 5.69 Å². The first-order valence-electron chi connectivity index (χ1n) is 10.7. The van der Waals surface area contributed by atoms with Gasteiger partial charge in [0.2, 0.25) is 11.7 Å². The first kappa shape index (κ1) is 21.7. The first-order chi connectivity index (χ1) is 16.5. The van der Waals surface area contributed by atoms with Crippen molar-refractivity contribution in [2.45, 2.75) is 19.6 Å². The van der Waals surface area contributed by atoms with Gasteiger partial charge in [-0.3, -0.25) is 14.2 Å². The highest BCUT2D eigenvalue weighted by atomic mass is 35.5. The number of rotatable bonds is 6. The van der Waals surface area contributed by atoms with E-state index in [2.05, 4.69) is 10.4 Å². The second-order valence-electron chi connectivity index (χ2n) is 7.87. The largest absolute Gasteiger partial charge is 0.352 e. The number of benzene rings is 3. The predicted octanol–water partition coefficient (Wildman–Crippen LogP) is 2.83. The van der Waals surface area contributed by atoms with Gasteiger partial charge in [-0.25, -0.2) is 13.9 Å². The highest BCUT2D eigenvalue weighted by molar-refractivity contribution is 6.30. The minimum Gasteiger partial charge on any atom is -0.350 e. The van der Waals surface area contributed by atoms with Crippen molar-refractivity contribution < 1.29 is 4.79 Å². The number of carbonyl (C=O) groups excluding carboxylic acids is 1. The number of aromatic nitrogens is 4. The van der Waals surface area contributed by atoms with Gasteiger partial charge in [-0.05, 0) is 35.4 Å². The number of hydrogen-bond acceptors (Lipinski definition) is 4. The van der Waals surface area contributed by atoms with E-state index in [1.165, 1.54) is 8.97 Å². The second kappa shape index (κ2) is 8.99. The molecular weight excluding hydrogens is 454 g/mol.